The van der Waals surface area contributed by atoms with Crippen LogP contribution in [0.3, 0.4) is 0 Å². The molecule has 0 unspecified atom stereocenters. The van der Waals surface area contributed by atoms with Gasteiger partial charge in [0.2, 0.25) is 5.91 Å². The molecule has 4 nitrogen and oxygen atoms in total. The first-order chi connectivity index (χ1) is 9.06. The molecule has 0 spiro atoms. The molecule has 1 amide bonds. The van der Waals surface area contributed by atoms with Gasteiger partial charge in [0.05, 0.1) is 0 Å². The summed E-state index contributed by atoms with van der Waals surface area (Å²) in [7, 11) is 0. The van der Waals surface area contributed by atoms with Crippen molar-refractivity contribution in [3.05, 3.63) is 57.8 Å². The molecule has 1 aromatic carbocycles. The van der Waals surface area contributed by atoms with E-state index in [1.807, 2.05) is 25.3 Å². The lowest BCUT2D eigenvalue weighted by molar-refractivity contribution is 0.1000. The molecule has 0 fully saturated rings. The van der Waals surface area contributed by atoms with E-state index < -0.39 is 5.91 Å². The molecule has 5 heteroatoms. The number of aromatic nitrogens is 1. The second-order valence-corrected chi connectivity index (χ2v) is 5.17. The monoisotopic (exact) mass is 319 g/mol. The van der Waals surface area contributed by atoms with Crippen LogP contribution in [0.15, 0.2) is 41.1 Å². The molecule has 0 saturated heterocycles. The average molecular weight is 320 g/mol. The zero-order valence-corrected chi connectivity index (χ0v) is 12.1. The van der Waals surface area contributed by atoms with E-state index in [1.54, 1.807) is 18.3 Å². The molecule has 0 radical (unpaired) electrons. The van der Waals surface area contributed by atoms with Crippen molar-refractivity contribution in [2.24, 2.45) is 5.73 Å². The summed E-state index contributed by atoms with van der Waals surface area (Å²) in [5.74, 6) is -0.411. The summed E-state index contributed by atoms with van der Waals surface area (Å²) >= 11 is 3.39. The third-order valence-electron chi connectivity index (χ3n) is 2.76. The Labute approximate surface area is 120 Å². The first-order valence-electron chi connectivity index (χ1n) is 5.80. The Balaban J connectivity index is 2.10. The Morgan fingerprint density at radius 1 is 1.37 bits per heavy atom. The van der Waals surface area contributed by atoms with Crippen LogP contribution in [0.4, 0.5) is 5.69 Å². The van der Waals surface area contributed by atoms with E-state index in [0.717, 1.165) is 21.3 Å². The van der Waals surface area contributed by atoms with Crippen LogP contribution < -0.4 is 11.1 Å². The fraction of sp³-hybridized carbons (Fsp3) is 0.143. The molecular formula is C14H14BrN3O. The second-order valence-electron chi connectivity index (χ2n) is 4.26. The first-order valence-corrected chi connectivity index (χ1v) is 6.59. The Kier molecular flexibility index (Phi) is 4.16. The SMILES string of the molecule is Cc1cc(C(N)=O)ccc1NCc1cncc(Br)c1. The number of aryl methyl sites for hydroxylation is 1. The number of primary amides is 1. The predicted octanol–water partition coefficient (Wildman–Crippen LogP) is 2.86. The van der Waals surface area contributed by atoms with Crippen molar-refractivity contribution in [1.29, 1.82) is 0 Å². The molecule has 1 heterocycles. The van der Waals surface area contributed by atoms with Crippen LogP contribution in [-0.4, -0.2) is 10.9 Å². The average Bonchev–Trinajstić information content (AvgIpc) is 2.37. The lowest BCUT2D eigenvalue weighted by Crippen LogP contribution is -2.11. The summed E-state index contributed by atoms with van der Waals surface area (Å²) in [5, 5.41) is 3.31. The highest BCUT2D eigenvalue weighted by atomic mass is 79.9. The number of amides is 1. The fourth-order valence-electron chi connectivity index (χ4n) is 1.77. The molecule has 3 N–H and O–H groups in total. The maximum absolute atomic E-state index is 11.1. The highest BCUT2D eigenvalue weighted by Crippen LogP contribution is 2.18. The highest BCUT2D eigenvalue weighted by Gasteiger charge is 2.04. The molecule has 0 aliphatic carbocycles. The molecule has 0 saturated carbocycles. The van der Waals surface area contributed by atoms with Crippen molar-refractivity contribution in [1.82, 2.24) is 4.98 Å². The van der Waals surface area contributed by atoms with Crippen molar-refractivity contribution in [3.8, 4) is 0 Å². The molecule has 0 aliphatic rings. The number of nitrogens with two attached hydrogens (primary N) is 1. The number of rotatable bonds is 4. The van der Waals surface area contributed by atoms with Gasteiger partial charge in [-0.15, -0.1) is 0 Å². The van der Waals surface area contributed by atoms with Gasteiger partial charge >= 0.3 is 0 Å². The first kappa shape index (κ1) is 13.5. The number of carbonyl (C=O) groups excluding carboxylic acids is 1. The third kappa shape index (κ3) is 3.54. The molecule has 98 valence electrons. The standard InChI is InChI=1S/C14H14BrN3O/c1-9-4-11(14(16)19)2-3-13(9)18-7-10-5-12(15)8-17-6-10/h2-6,8,18H,7H2,1H3,(H2,16,19). The van der Waals surface area contributed by atoms with Crippen LogP contribution in [0.2, 0.25) is 0 Å². The van der Waals surface area contributed by atoms with Gasteiger partial charge < -0.3 is 11.1 Å². The summed E-state index contributed by atoms with van der Waals surface area (Å²) in [5.41, 5.74) is 8.80. The minimum absolute atomic E-state index is 0.411. The molecule has 19 heavy (non-hydrogen) atoms. The lowest BCUT2D eigenvalue weighted by atomic mass is 10.1. The zero-order valence-electron chi connectivity index (χ0n) is 10.5. The van der Waals surface area contributed by atoms with E-state index in [4.69, 9.17) is 5.73 Å². The van der Waals surface area contributed by atoms with Crippen LogP contribution in [0.25, 0.3) is 0 Å². The molecule has 2 aromatic rings. The number of nitrogens with zero attached hydrogens (tertiary/aromatic N) is 1. The number of hydrogen-bond acceptors (Lipinski definition) is 3. The molecule has 0 bridgehead atoms. The van der Waals surface area contributed by atoms with E-state index >= 15 is 0 Å². The van der Waals surface area contributed by atoms with Crippen molar-refractivity contribution in [3.63, 3.8) is 0 Å². The van der Waals surface area contributed by atoms with Crippen molar-refractivity contribution >= 4 is 27.5 Å². The van der Waals surface area contributed by atoms with Gasteiger partial charge in [0, 0.05) is 34.7 Å². The Hall–Kier alpha value is -1.88. The van der Waals surface area contributed by atoms with Crippen LogP contribution in [0.5, 0.6) is 0 Å². The maximum Gasteiger partial charge on any atom is 0.248 e. The van der Waals surface area contributed by atoms with Crippen LogP contribution in [0, 0.1) is 6.92 Å². The summed E-state index contributed by atoms with van der Waals surface area (Å²) in [6.07, 6.45) is 3.56. The lowest BCUT2D eigenvalue weighted by Gasteiger charge is -2.10. The van der Waals surface area contributed by atoms with Gasteiger partial charge in [0.1, 0.15) is 0 Å². The predicted molar refractivity (Wildman–Crippen MR) is 79.0 cm³/mol. The summed E-state index contributed by atoms with van der Waals surface area (Å²) < 4.78 is 0.951. The molecule has 1 aromatic heterocycles. The maximum atomic E-state index is 11.1. The van der Waals surface area contributed by atoms with Gasteiger partial charge in [-0.2, -0.15) is 0 Å². The second kappa shape index (κ2) is 5.84. The Morgan fingerprint density at radius 3 is 2.79 bits per heavy atom. The van der Waals surface area contributed by atoms with Gasteiger partial charge in [0.15, 0.2) is 0 Å². The molecule has 0 aliphatic heterocycles. The smallest absolute Gasteiger partial charge is 0.248 e. The quantitative estimate of drug-likeness (QED) is 0.910. The Bertz CT molecular complexity index is 613. The fourth-order valence-corrected chi connectivity index (χ4v) is 2.18. The number of carbonyl (C=O) groups is 1. The number of hydrogen-bond donors (Lipinski definition) is 2. The topological polar surface area (TPSA) is 68.0 Å². The summed E-state index contributed by atoms with van der Waals surface area (Å²) in [6, 6.07) is 7.37. The van der Waals surface area contributed by atoms with E-state index in [9.17, 15) is 4.79 Å². The van der Waals surface area contributed by atoms with Crippen molar-refractivity contribution < 1.29 is 4.79 Å². The summed E-state index contributed by atoms with van der Waals surface area (Å²) in [6.45, 7) is 2.61. The minimum Gasteiger partial charge on any atom is -0.381 e. The summed E-state index contributed by atoms with van der Waals surface area (Å²) in [4.78, 5) is 15.2. The van der Waals surface area contributed by atoms with Crippen LogP contribution in [-0.2, 0) is 6.54 Å². The number of anilines is 1. The van der Waals surface area contributed by atoms with Gasteiger partial charge in [-0.05, 0) is 58.2 Å². The third-order valence-corrected chi connectivity index (χ3v) is 3.19. The van der Waals surface area contributed by atoms with Crippen molar-refractivity contribution in [2.75, 3.05) is 5.32 Å². The molecule has 2 rings (SSSR count). The minimum atomic E-state index is -0.411. The highest BCUT2D eigenvalue weighted by molar-refractivity contribution is 9.10. The largest absolute Gasteiger partial charge is 0.381 e. The van der Waals surface area contributed by atoms with E-state index in [2.05, 4.69) is 26.2 Å². The van der Waals surface area contributed by atoms with Crippen LogP contribution in [0.1, 0.15) is 21.5 Å². The van der Waals surface area contributed by atoms with Gasteiger partial charge in [0.25, 0.3) is 0 Å². The number of nitrogens with one attached hydrogen (secondary N) is 1. The van der Waals surface area contributed by atoms with Gasteiger partial charge in [-0.3, -0.25) is 9.78 Å². The Morgan fingerprint density at radius 2 is 2.16 bits per heavy atom. The molecular weight excluding hydrogens is 306 g/mol. The number of benzene rings is 1. The van der Waals surface area contributed by atoms with Crippen LogP contribution >= 0.6 is 15.9 Å². The van der Waals surface area contributed by atoms with E-state index in [-0.39, 0.29) is 0 Å². The zero-order chi connectivity index (χ0) is 13.8. The number of halogens is 1. The molecule has 0 atom stereocenters. The van der Waals surface area contributed by atoms with Gasteiger partial charge in [-0.25, -0.2) is 0 Å². The van der Waals surface area contributed by atoms with E-state index in [0.29, 0.717) is 12.1 Å². The van der Waals surface area contributed by atoms with Crippen molar-refractivity contribution in [2.45, 2.75) is 13.5 Å². The van der Waals surface area contributed by atoms with E-state index in [1.165, 1.54) is 0 Å². The number of pyridine rings is 1. The normalized spacial score (nSPS) is 10.2. The van der Waals surface area contributed by atoms with Gasteiger partial charge in [-0.1, -0.05) is 0 Å².